The molecule has 0 spiro atoms. The molecule has 1 fully saturated rings. The number of rotatable bonds is 6. The van der Waals surface area contributed by atoms with Crippen molar-refractivity contribution in [2.75, 3.05) is 26.2 Å². The van der Waals surface area contributed by atoms with E-state index < -0.39 is 36.6 Å². The van der Waals surface area contributed by atoms with Gasteiger partial charge in [0.25, 0.3) is 0 Å². The molecule has 0 radical (unpaired) electrons. The monoisotopic (exact) mass is 324 g/mol. The first kappa shape index (κ1) is 18.7. The second-order valence-electron chi connectivity index (χ2n) is 5.72. The van der Waals surface area contributed by atoms with Gasteiger partial charge in [-0.3, -0.25) is 14.5 Å². The Morgan fingerprint density at radius 1 is 1.41 bits per heavy atom. The van der Waals surface area contributed by atoms with Crippen molar-refractivity contribution in [1.29, 1.82) is 0 Å². The van der Waals surface area contributed by atoms with E-state index in [1.807, 2.05) is 0 Å². The van der Waals surface area contributed by atoms with Crippen LogP contribution in [0.25, 0.3) is 0 Å². The van der Waals surface area contributed by atoms with E-state index in [4.69, 9.17) is 5.11 Å². The van der Waals surface area contributed by atoms with Crippen LogP contribution in [0.4, 0.5) is 13.2 Å². The lowest BCUT2D eigenvalue weighted by atomic mass is 9.95. The summed E-state index contributed by atoms with van der Waals surface area (Å²) in [4.78, 5) is 25.9. The van der Waals surface area contributed by atoms with Gasteiger partial charge in [-0.05, 0) is 32.7 Å². The van der Waals surface area contributed by atoms with Crippen molar-refractivity contribution in [3.63, 3.8) is 0 Å². The molecule has 1 rings (SSSR count). The smallest absolute Gasteiger partial charge is 0.406 e. The van der Waals surface area contributed by atoms with Crippen LogP contribution in [0, 0.1) is 5.92 Å². The molecule has 0 saturated carbocycles. The Bertz CT molecular complexity index is 401. The molecule has 1 aliphatic heterocycles. The van der Waals surface area contributed by atoms with Crippen LogP contribution in [0.2, 0.25) is 0 Å². The van der Waals surface area contributed by atoms with E-state index in [-0.39, 0.29) is 13.1 Å². The van der Waals surface area contributed by atoms with Crippen LogP contribution in [0.5, 0.6) is 0 Å². The molecule has 0 aliphatic carbocycles. The molecule has 128 valence electrons. The van der Waals surface area contributed by atoms with Crippen molar-refractivity contribution < 1.29 is 27.9 Å². The lowest BCUT2D eigenvalue weighted by molar-refractivity contribution is -0.165. The molecule has 1 saturated heterocycles. The van der Waals surface area contributed by atoms with Gasteiger partial charge in [-0.25, -0.2) is 0 Å². The molecule has 0 aromatic heterocycles. The Balaban J connectivity index is 2.74. The SMILES string of the molecule is CCCN(CC(F)(F)F)C(=O)[C@H]1CCCN([C@@H](C)C(=O)O)C1. The van der Waals surface area contributed by atoms with Gasteiger partial charge >= 0.3 is 12.1 Å². The molecule has 0 aromatic carbocycles. The summed E-state index contributed by atoms with van der Waals surface area (Å²) in [5, 5.41) is 9.02. The second-order valence-corrected chi connectivity index (χ2v) is 5.72. The van der Waals surface area contributed by atoms with Gasteiger partial charge in [0.15, 0.2) is 0 Å². The van der Waals surface area contributed by atoms with Crippen molar-refractivity contribution in [2.45, 2.75) is 45.3 Å². The van der Waals surface area contributed by atoms with E-state index in [9.17, 15) is 22.8 Å². The molecule has 1 heterocycles. The zero-order chi connectivity index (χ0) is 16.9. The van der Waals surface area contributed by atoms with E-state index >= 15 is 0 Å². The molecule has 22 heavy (non-hydrogen) atoms. The van der Waals surface area contributed by atoms with E-state index in [2.05, 4.69) is 0 Å². The summed E-state index contributed by atoms with van der Waals surface area (Å²) in [5.41, 5.74) is 0. The fourth-order valence-corrected chi connectivity index (χ4v) is 2.73. The summed E-state index contributed by atoms with van der Waals surface area (Å²) in [5.74, 6) is -2.08. The van der Waals surface area contributed by atoms with Crippen molar-refractivity contribution >= 4 is 11.9 Å². The number of alkyl halides is 3. The van der Waals surface area contributed by atoms with Gasteiger partial charge in [0.2, 0.25) is 5.91 Å². The van der Waals surface area contributed by atoms with Crippen molar-refractivity contribution in [3.8, 4) is 0 Å². The molecule has 8 heteroatoms. The van der Waals surface area contributed by atoms with Crippen LogP contribution < -0.4 is 0 Å². The summed E-state index contributed by atoms with van der Waals surface area (Å²) in [7, 11) is 0. The lowest BCUT2D eigenvalue weighted by Crippen LogP contribution is -2.50. The number of carbonyl (C=O) groups is 2. The van der Waals surface area contributed by atoms with Crippen molar-refractivity contribution in [1.82, 2.24) is 9.80 Å². The number of hydrogen-bond acceptors (Lipinski definition) is 3. The Hall–Kier alpha value is -1.31. The largest absolute Gasteiger partial charge is 0.480 e. The highest BCUT2D eigenvalue weighted by molar-refractivity contribution is 5.79. The number of hydrogen-bond donors (Lipinski definition) is 1. The van der Waals surface area contributed by atoms with Gasteiger partial charge in [-0.1, -0.05) is 6.92 Å². The minimum Gasteiger partial charge on any atom is -0.480 e. The Morgan fingerprint density at radius 2 is 2.05 bits per heavy atom. The number of amides is 1. The summed E-state index contributed by atoms with van der Waals surface area (Å²) in [6.45, 7) is 2.80. The second kappa shape index (κ2) is 7.80. The average molecular weight is 324 g/mol. The Kier molecular flexibility index (Phi) is 6.65. The quantitative estimate of drug-likeness (QED) is 0.811. The summed E-state index contributed by atoms with van der Waals surface area (Å²) in [6, 6.07) is -0.738. The van der Waals surface area contributed by atoms with Crippen LogP contribution in [0.1, 0.15) is 33.1 Å². The molecule has 1 amide bonds. The van der Waals surface area contributed by atoms with Gasteiger partial charge in [0, 0.05) is 13.1 Å². The standard InChI is InChI=1S/C14H23F3N2O3/c1-3-6-19(9-14(15,16)17)12(20)11-5-4-7-18(8-11)10(2)13(21)22/h10-11H,3-9H2,1-2H3,(H,21,22)/t10-,11-/m0/s1. The van der Waals surface area contributed by atoms with Crippen molar-refractivity contribution in [3.05, 3.63) is 0 Å². The van der Waals surface area contributed by atoms with Crippen LogP contribution >= 0.6 is 0 Å². The fourth-order valence-electron chi connectivity index (χ4n) is 2.73. The molecule has 0 unspecified atom stereocenters. The molecular weight excluding hydrogens is 301 g/mol. The molecule has 0 bridgehead atoms. The summed E-state index contributed by atoms with van der Waals surface area (Å²) >= 11 is 0. The van der Waals surface area contributed by atoms with Gasteiger partial charge in [0.05, 0.1) is 5.92 Å². The van der Waals surface area contributed by atoms with E-state index in [0.717, 1.165) is 4.90 Å². The summed E-state index contributed by atoms with van der Waals surface area (Å²) < 4.78 is 37.8. The van der Waals surface area contributed by atoms with Gasteiger partial charge in [-0.15, -0.1) is 0 Å². The first-order valence-corrected chi connectivity index (χ1v) is 7.48. The zero-order valence-corrected chi connectivity index (χ0v) is 12.9. The topological polar surface area (TPSA) is 60.9 Å². The zero-order valence-electron chi connectivity index (χ0n) is 12.9. The van der Waals surface area contributed by atoms with Crippen LogP contribution in [0.3, 0.4) is 0 Å². The third kappa shape index (κ3) is 5.47. The number of piperidine rings is 1. The maximum atomic E-state index is 12.6. The summed E-state index contributed by atoms with van der Waals surface area (Å²) in [6.07, 6.45) is -2.86. The van der Waals surface area contributed by atoms with Crippen LogP contribution in [-0.2, 0) is 9.59 Å². The van der Waals surface area contributed by atoms with E-state index in [1.54, 1.807) is 11.8 Å². The third-order valence-corrected chi connectivity index (χ3v) is 3.88. The molecule has 2 atom stereocenters. The first-order chi connectivity index (χ1) is 10.2. The van der Waals surface area contributed by atoms with Gasteiger partial charge in [-0.2, -0.15) is 13.2 Å². The number of carbonyl (C=O) groups excluding carboxylic acids is 1. The van der Waals surface area contributed by atoms with Gasteiger partial charge < -0.3 is 10.0 Å². The van der Waals surface area contributed by atoms with E-state index in [0.29, 0.717) is 25.8 Å². The Morgan fingerprint density at radius 3 is 2.55 bits per heavy atom. The molecule has 0 aromatic rings. The average Bonchev–Trinajstić information content (AvgIpc) is 2.44. The predicted octanol–water partition coefficient (Wildman–Crippen LogP) is 1.97. The molecular formula is C14H23F3N2O3. The maximum Gasteiger partial charge on any atom is 0.406 e. The third-order valence-electron chi connectivity index (χ3n) is 3.88. The lowest BCUT2D eigenvalue weighted by Gasteiger charge is -2.36. The number of aliphatic carboxylic acids is 1. The van der Waals surface area contributed by atoms with E-state index in [1.165, 1.54) is 6.92 Å². The Labute approximate surface area is 128 Å². The number of halogens is 3. The highest BCUT2D eigenvalue weighted by Crippen LogP contribution is 2.23. The van der Waals surface area contributed by atoms with Crippen molar-refractivity contribution in [2.24, 2.45) is 5.92 Å². The highest BCUT2D eigenvalue weighted by Gasteiger charge is 2.37. The highest BCUT2D eigenvalue weighted by atomic mass is 19.4. The normalized spacial score (nSPS) is 21.4. The minimum absolute atomic E-state index is 0.0589. The van der Waals surface area contributed by atoms with Crippen LogP contribution in [-0.4, -0.2) is 65.2 Å². The van der Waals surface area contributed by atoms with Crippen LogP contribution in [0.15, 0.2) is 0 Å². The molecule has 1 N–H and O–H groups in total. The predicted molar refractivity (Wildman–Crippen MR) is 74.3 cm³/mol. The molecule has 5 nitrogen and oxygen atoms in total. The molecule has 1 aliphatic rings. The number of likely N-dealkylation sites (tertiary alicyclic amines) is 1. The maximum absolute atomic E-state index is 12.6. The number of carboxylic acids is 1. The number of nitrogens with zero attached hydrogens (tertiary/aromatic N) is 2. The first-order valence-electron chi connectivity index (χ1n) is 7.48. The number of carboxylic acid groups (broad SMARTS) is 1. The minimum atomic E-state index is -4.42. The van der Waals surface area contributed by atoms with Gasteiger partial charge in [0.1, 0.15) is 12.6 Å². The fraction of sp³-hybridized carbons (Fsp3) is 0.857.